The molecule has 0 radical (unpaired) electrons. The third-order valence-electron chi connectivity index (χ3n) is 8.68. The molecule has 0 aliphatic heterocycles. The molecule has 0 amide bonds. The molecule has 0 aromatic rings. The summed E-state index contributed by atoms with van der Waals surface area (Å²) >= 11 is 0. The zero-order valence-electron chi connectivity index (χ0n) is 36.5. The van der Waals surface area contributed by atoms with Gasteiger partial charge < -0.3 is 27.9 Å². The summed E-state index contributed by atoms with van der Waals surface area (Å²) in [6, 6.07) is 0. The van der Waals surface area contributed by atoms with Crippen LogP contribution in [0.5, 0.6) is 0 Å². The lowest BCUT2D eigenvalue weighted by molar-refractivity contribution is -0.870. The van der Waals surface area contributed by atoms with Gasteiger partial charge >= 0.3 is 11.9 Å². The van der Waals surface area contributed by atoms with E-state index in [0.717, 1.165) is 57.8 Å². The van der Waals surface area contributed by atoms with Gasteiger partial charge in [-0.1, -0.05) is 150 Å². The smallest absolute Gasteiger partial charge is 0.310 e. The van der Waals surface area contributed by atoms with Crippen molar-refractivity contribution in [1.29, 1.82) is 0 Å². The molecule has 0 aliphatic rings. The highest BCUT2D eigenvalue weighted by Crippen LogP contribution is 2.38. The Bertz CT molecular complexity index is 1240. The van der Waals surface area contributed by atoms with Gasteiger partial charge in [-0.25, -0.2) is 0 Å². The van der Waals surface area contributed by atoms with Crippen molar-refractivity contribution >= 4 is 19.8 Å². The average molecular weight is 818 g/mol. The number of carbonyl (C=O) groups excluding carboxylic acids is 2. The summed E-state index contributed by atoms with van der Waals surface area (Å²) in [5.74, 6) is -0.999. The lowest BCUT2D eigenvalue weighted by atomic mass is 10.1. The van der Waals surface area contributed by atoms with E-state index < -0.39 is 32.5 Å². The number of esters is 2. The molecule has 0 N–H and O–H groups in total. The van der Waals surface area contributed by atoms with Crippen LogP contribution in [0.3, 0.4) is 0 Å². The van der Waals surface area contributed by atoms with E-state index in [-0.39, 0.29) is 26.1 Å². The molecule has 57 heavy (non-hydrogen) atoms. The van der Waals surface area contributed by atoms with E-state index in [1.165, 1.54) is 51.4 Å². The molecule has 2 atom stereocenters. The van der Waals surface area contributed by atoms with Crippen LogP contribution >= 0.6 is 7.82 Å². The van der Waals surface area contributed by atoms with Crippen LogP contribution in [-0.4, -0.2) is 70.0 Å². The normalized spacial score (nSPS) is 14.4. The number of quaternary nitrogens is 1. The van der Waals surface area contributed by atoms with Crippen molar-refractivity contribution in [3.63, 3.8) is 0 Å². The Kier molecular flexibility index (Phi) is 36.8. The highest BCUT2D eigenvalue weighted by Gasteiger charge is 2.21. The quantitative estimate of drug-likeness (QED) is 0.0199. The zero-order chi connectivity index (χ0) is 42.1. The maximum Gasteiger partial charge on any atom is 0.310 e. The molecule has 0 aromatic carbocycles. The Labute approximate surface area is 348 Å². The highest BCUT2D eigenvalue weighted by molar-refractivity contribution is 7.45. The second kappa shape index (κ2) is 38.7. The summed E-state index contributed by atoms with van der Waals surface area (Å²) in [7, 11) is 1.09. The van der Waals surface area contributed by atoms with Gasteiger partial charge in [0.2, 0.25) is 0 Å². The van der Waals surface area contributed by atoms with Crippen LogP contribution in [0.1, 0.15) is 149 Å². The van der Waals surface area contributed by atoms with Crippen molar-refractivity contribution in [3.8, 4) is 0 Å². The summed E-state index contributed by atoms with van der Waals surface area (Å²) in [5.41, 5.74) is 0. The van der Waals surface area contributed by atoms with E-state index in [1.54, 1.807) is 6.08 Å². The van der Waals surface area contributed by atoms with Crippen molar-refractivity contribution in [3.05, 3.63) is 85.1 Å². The second-order valence-corrected chi connectivity index (χ2v) is 16.7. The molecule has 0 rings (SSSR count). The van der Waals surface area contributed by atoms with Crippen LogP contribution < -0.4 is 4.89 Å². The van der Waals surface area contributed by atoms with Gasteiger partial charge in [-0.3, -0.25) is 14.2 Å². The number of hydrogen-bond acceptors (Lipinski definition) is 8. The summed E-state index contributed by atoms with van der Waals surface area (Å²) in [6.45, 7) is 3.95. The van der Waals surface area contributed by atoms with Gasteiger partial charge in [0.1, 0.15) is 19.8 Å². The van der Waals surface area contributed by atoms with E-state index in [9.17, 15) is 19.0 Å². The maximum absolute atomic E-state index is 12.6. The molecule has 2 unspecified atom stereocenters. The first-order valence-electron chi connectivity index (χ1n) is 21.8. The fraction of sp³-hybridized carbons (Fsp3) is 0.660. The minimum Gasteiger partial charge on any atom is -0.756 e. The summed E-state index contributed by atoms with van der Waals surface area (Å²) in [6.07, 6.45) is 49.3. The van der Waals surface area contributed by atoms with Crippen molar-refractivity contribution in [1.82, 2.24) is 0 Å². The van der Waals surface area contributed by atoms with Crippen molar-refractivity contribution in [2.45, 2.75) is 155 Å². The molecule has 0 heterocycles. The van der Waals surface area contributed by atoms with E-state index in [2.05, 4.69) is 80.7 Å². The third kappa shape index (κ3) is 42.6. The van der Waals surface area contributed by atoms with Crippen molar-refractivity contribution < 1.29 is 42.1 Å². The van der Waals surface area contributed by atoms with Gasteiger partial charge in [-0.15, -0.1) is 0 Å². The molecule has 326 valence electrons. The van der Waals surface area contributed by atoms with E-state index in [1.807, 2.05) is 33.3 Å². The summed E-state index contributed by atoms with van der Waals surface area (Å²) in [5, 5.41) is 0. The summed E-state index contributed by atoms with van der Waals surface area (Å²) < 4.78 is 33.7. The predicted molar refractivity (Wildman–Crippen MR) is 236 cm³/mol. The van der Waals surface area contributed by atoms with E-state index in [0.29, 0.717) is 23.9 Å². The first-order chi connectivity index (χ1) is 27.5. The standard InChI is InChI=1S/C47H80NO8P/c1-6-8-10-12-14-16-18-20-22-23-24-26-27-29-31-33-35-37-39-46(49)53-43-45(44-55-57(51,52)54-42-41-48(3,4)5)56-47(50)40-38-36-34-32-30-28-25-21-19-17-15-13-11-9-7-2/h9,11,15-18,21-23,25,30,32,36,38,45H,6-8,10,12-14,19-20,24,26-29,31,33-35,37,39-44H2,1-5H3/b11-9-,17-15-,18-16-,23-22-,25-21-,32-30-,38-36-. The minimum atomic E-state index is -4.66. The number of unbranched alkanes of at least 4 members (excludes halogenated alkanes) is 11. The minimum absolute atomic E-state index is 0.0133. The number of carbonyl (C=O) groups is 2. The van der Waals surface area contributed by atoms with Crippen LogP contribution in [0.25, 0.3) is 0 Å². The number of phosphoric acid groups is 1. The molecule has 0 aliphatic carbocycles. The molecule has 0 fully saturated rings. The van der Waals surface area contributed by atoms with Gasteiger partial charge in [-0.2, -0.15) is 0 Å². The number of ether oxygens (including phenoxy) is 2. The van der Waals surface area contributed by atoms with Gasteiger partial charge in [0.25, 0.3) is 7.82 Å². The van der Waals surface area contributed by atoms with Gasteiger partial charge in [0.15, 0.2) is 6.10 Å². The topological polar surface area (TPSA) is 111 Å². The third-order valence-corrected chi connectivity index (χ3v) is 9.65. The molecular formula is C47H80NO8P. The zero-order valence-corrected chi connectivity index (χ0v) is 37.4. The molecule has 0 aromatic heterocycles. The lowest BCUT2D eigenvalue weighted by Gasteiger charge is -2.28. The van der Waals surface area contributed by atoms with Gasteiger partial charge in [-0.05, 0) is 70.6 Å². The Morgan fingerprint density at radius 1 is 0.579 bits per heavy atom. The Balaban J connectivity index is 4.50. The maximum atomic E-state index is 12.6. The molecule has 0 saturated heterocycles. The Morgan fingerprint density at radius 3 is 1.58 bits per heavy atom. The highest BCUT2D eigenvalue weighted by atomic mass is 31.2. The first kappa shape index (κ1) is 54.2. The monoisotopic (exact) mass is 818 g/mol. The second-order valence-electron chi connectivity index (χ2n) is 15.3. The fourth-order valence-corrected chi connectivity index (χ4v) is 6.02. The van der Waals surface area contributed by atoms with Gasteiger partial charge in [0.05, 0.1) is 34.2 Å². The van der Waals surface area contributed by atoms with E-state index >= 15 is 0 Å². The SMILES string of the molecule is CC/C=C\C/C=C\C/C=C\C/C=C\C/C=C\CC(=O)OC(COC(=O)CCCCCCCCC/C=C\C/C=C\CCCCCC)COP(=O)([O-])OCC[N+](C)(C)C. The molecular weight excluding hydrogens is 737 g/mol. The average Bonchev–Trinajstić information content (AvgIpc) is 3.16. The van der Waals surface area contributed by atoms with Crippen LogP contribution in [-0.2, 0) is 32.7 Å². The Hall–Kier alpha value is -2.81. The number of rotatable bonds is 38. The Morgan fingerprint density at radius 2 is 1.05 bits per heavy atom. The molecule has 10 heteroatoms. The number of nitrogens with zero attached hydrogens (tertiary/aromatic N) is 1. The van der Waals surface area contributed by atoms with Crippen LogP contribution in [0.2, 0.25) is 0 Å². The van der Waals surface area contributed by atoms with Crippen LogP contribution in [0.4, 0.5) is 0 Å². The van der Waals surface area contributed by atoms with Crippen LogP contribution in [0.15, 0.2) is 85.1 Å². The van der Waals surface area contributed by atoms with Crippen molar-refractivity contribution in [2.24, 2.45) is 0 Å². The van der Waals surface area contributed by atoms with Gasteiger partial charge in [0, 0.05) is 6.42 Å². The number of hydrogen-bond donors (Lipinski definition) is 0. The largest absolute Gasteiger partial charge is 0.756 e. The summed E-state index contributed by atoms with van der Waals surface area (Å²) in [4.78, 5) is 37.4. The number of likely N-dealkylation sites (N-methyl/N-ethyl adjacent to an activating group) is 1. The first-order valence-corrected chi connectivity index (χ1v) is 23.3. The van der Waals surface area contributed by atoms with Crippen molar-refractivity contribution in [2.75, 3.05) is 47.5 Å². The molecule has 0 spiro atoms. The molecule has 0 saturated carbocycles. The predicted octanol–water partition coefficient (Wildman–Crippen LogP) is 11.8. The van der Waals surface area contributed by atoms with Crippen LogP contribution in [0, 0.1) is 0 Å². The molecule has 9 nitrogen and oxygen atoms in total. The number of phosphoric ester groups is 1. The number of allylic oxidation sites excluding steroid dienone is 13. The van der Waals surface area contributed by atoms with E-state index in [4.69, 9.17) is 18.5 Å². The lowest BCUT2D eigenvalue weighted by Crippen LogP contribution is -2.37. The molecule has 0 bridgehead atoms. The fourth-order valence-electron chi connectivity index (χ4n) is 5.29.